The van der Waals surface area contributed by atoms with Crippen LogP contribution in [0.2, 0.25) is 0 Å². The number of carbonyl (C=O) groups excluding carboxylic acids is 2. The van der Waals surface area contributed by atoms with E-state index in [2.05, 4.69) is 14.9 Å². The number of likely N-dealkylation sites (tertiary alicyclic amines) is 2. The third kappa shape index (κ3) is 6.54. The summed E-state index contributed by atoms with van der Waals surface area (Å²) in [7, 11) is 0. The lowest BCUT2D eigenvalue weighted by Crippen LogP contribution is -2.43. The van der Waals surface area contributed by atoms with E-state index in [9.17, 15) is 14.0 Å². The molecule has 0 spiro atoms. The molecule has 188 valence electrons. The molecular formula is C26H34FN5O3. The van der Waals surface area contributed by atoms with Crippen LogP contribution < -0.4 is 10.5 Å². The SMILES string of the molecule is CC(C)(F)CN1CCC(COc2cnc(-c3ccc(C(=O)N4CCCC4C(N)=O)cc3)cn2)CC1. The lowest BCUT2D eigenvalue weighted by atomic mass is 9.97. The third-order valence-electron chi connectivity index (χ3n) is 6.67. The molecule has 0 aliphatic carbocycles. The maximum Gasteiger partial charge on any atom is 0.254 e. The number of nitrogens with two attached hydrogens (primary N) is 1. The van der Waals surface area contributed by atoms with E-state index in [1.165, 1.54) is 0 Å². The molecule has 1 aromatic heterocycles. The summed E-state index contributed by atoms with van der Waals surface area (Å²) >= 11 is 0. The maximum atomic E-state index is 13.8. The summed E-state index contributed by atoms with van der Waals surface area (Å²) in [4.78, 5) is 36.9. The summed E-state index contributed by atoms with van der Waals surface area (Å²) in [6.45, 7) is 6.57. The van der Waals surface area contributed by atoms with E-state index in [0.29, 0.717) is 49.2 Å². The van der Waals surface area contributed by atoms with E-state index >= 15 is 0 Å². The molecule has 0 saturated carbocycles. The Balaban J connectivity index is 1.28. The van der Waals surface area contributed by atoms with Gasteiger partial charge in [-0.15, -0.1) is 0 Å². The number of primary amides is 1. The number of hydrogen-bond donors (Lipinski definition) is 1. The Morgan fingerprint density at radius 3 is 2.40 bits per heavy atom. The molecule has 8 nitrogen and oxygen atoms in total. The molecule has 2 amide bonds. The van der Waals surface area contributed by atoms with Crippen molar-refractivity contribution >= 4 is 11.8 Å². The van der Waals surface area contributed by atoms with Gasteiger partial charge in [0.2, 0.25) is 11.8 Å². The van der Waals surface area contributed by atoms with Crippen LogP contribution in [0, 0.1) is 5.92 Å². The van der Waals surface area contributed by atoms with Crippen molar-refractivity contribution in [1.82, 2.24) is 19.8 Å². The molecule has 2 N–H and O–H groups in total. The van der Waals surface area contributed by atoms with Gasteiger partial charge in [-0.25, -0.2) is 14.4 Å². The fourth-order valence-corrected chi connectivity index (χ4v) is 4.84. The van der Waals surface area contributed by atoms with E-state index in [1.807, 2.05) is 12.1 Å². The van der Waals surface area contributed by atoms with Crippen LogP contribution in [0.15, 0.2) is 36.7 Å². The van der Waals surface area contributed by atoms with Gasteiger partial charge in [-0.2, -0.15) is 0 Å². The van der Waals surface area contributed by atoms with E-state index < -0.39 is 17.6 Å². The predicted molar refractivity (Wildman–Crippen MR) is 131 cm³/mol. The van der Waals surface area contributed by atoms with Crippen LogP contribution in [0.25, 0.3) is 11.3 Å². The number of benzene rings is 1. The van der Waals surface area contributed by atoms with Gasteiger partial charge in [0.15, 0.2) is 0 Å². The van der Waals surface area contributed by atoms with Crippen LogP contribution in [0.1, 0.15) is 49.9 Å². The highest BCUT2D eigenvalue weighted by molar-refractivity contribution is 5.98. The topological polar surface area (TPSA) is 102 Å². The number of hydrogen-bond acceptors (Lipinski definition) is 6. The van der Waals surface area contributed by atoms with Gasteiger partial charge in [-0.05, 0) is 70.7 Å². The highest BCUT2D eigenvalue weighted by atomic mass is 19.1. The number of ether oxygens (including phenoxy) is 1. The first-order chi connectivity index (χ1) is 16.7. The normalized spacial score (nSPS) is 19.6. The second-order valence-electron chi connectivity index (χ2n) is 10.1. The monoisotopic (exact) mass is 483 g/mol. The van der Waals surface area contributed by atoms with Crippen LogP contribution in [0.4, 0.5) is 4.39 Å². The lowest BCUT2D eigenvalue weighted by molar-refractivity contribution is -0.121. The van der Waals surface area contributed by atoms with Crippen molar-refractivity contribution in [3.05, 3.63) is 42.2 Å². The molecule has 1 aromatic carbocycles. The van der Waals surface area contributed by atoms with Crippen LogP contribution in [-0.2, 0) is 4.79 Å². The molecule has 3 heterocycles. The molecule has 2 aliphatic heterocycles. The van der Waals surface area contributed by atoms with Gasteiger partial charge >= 0.3 is 0 Å². The molecule has 9 heteroatoms. The Morgan fingerprint density at radius 1 is 1.09 bits per heavy atom. The average molecular weight is 484 g/mol. The van der Waals surface area contributed by atoms with Crippen molar-refractivity contribution in [2.75, 3.05) is 32.8 Å². The zero-order valence-electron chi connectivity index (χ0n) is 20.5. The highest BCUT2D eigenvalue weighted by Gasteiger charge is 2.33. The molecule has 1 unspecified atom stereocenters. The largest absolute Gasteiger partial charge is 0.476 e. The van der Waals surface area contributed by atoms with Gasteiger partial charge in [0, 0.05) is 24.2 Å². The number of piperidine rings is 1. The second kappa shape index (κ2) is 10.7. The highest BCUT2D eigenvalue weighted by Crippen LogP contribution is 2.24. The Labute approximate surface area is 205 Å². The Morgan fingerprint density at radius 2 is 1.80 bits per heavy atom. The summed E-state index contributed by atoms with van der Waals surface area (Å²) in [5, 5.41) is 0. The van der Waals surface area contributed by atoms with Crippen molar-refractivity contribution < 1.29 is 18.7 Å². The van der Waals surface area contributed by atoms with Crippen molar-refractivity contribution in [3.63, 3.8) is 0 Å². The first-order valence-corrected chi connectivity index (χ1v) is 12.3. The van der Waals surface area contributed by atoms with E-state index in [4.69, 9.17) is 10.5 Å². The Bertz CT molecular complexity index is 1010. The summed E-state index contributed by atoms with van der Waals surface area (Å²) in [5.41, 5.74) is 6.28. The number of halogens is 1. The minimum absolute atomic E-state index is 0.188. The predicted octanol–water partition coefficient (Wildman–Crippen LogP) is 3.07. The van der Waals surface area contributed by atoms with Gasteiger partial charge in [0.1, 0.15) is 11.7 Å². The van der Waals surface area contributed by atoms with Gasteiger partial charge in [-0.1, -0.05) is 12.1 Å². The average Bonchev–Trinajstić information content (AvgIpc) is 3.33. The van der Waals surface area contributed by atoms with Crippen molar-refractivity contribution in [3.8, 4) is 17.1 Å². The molecular weight excluding hydrogens is 449 g/mol. The zero-order valence-corrected chi connectivity index (χ0v) is 20.5. The van der Waals surface area contributed by atoms with Crippen molar-refractivity contribution in [2.24, 2.45) is 11.7 Å². The third-order valence-corrected chi connectivity index (χ3v) is 6.67. The Hall–Kier alpha value is -3.07. The van der Waals surface area contributed by atoms with E-state index in [-0.39, 0.29) is 5.91 Å². The molecule has 4 rings (SSSR count). The summed E-state index contributed by atoms with van der Waals surface area (Å²) < 4.78 is 19.7. The van der Waals surface area contributed by atoms with Crippen LogP contribution in [0.5, 0.6) is 5.88 Å². The smallest absolute Gasteiger partial charge is 0.254 e. The van der Waals surface area contributed by atoms with Crippen LogP contribution in [0.3, 0.4) is 0 Å². The molecule has 0 bridgehead atoms. The standard InChI is InChI=1S/C26H34FN5O3/c1-26(2,27)17-31-12-9-18(10-13-31)16-35-23-15-29-21(14-30-23)19-5-7-20(8-6-19)25(34)32-11-3-4-22(32)24(28)33/h5-8,14-15,18,22H,3-4,9-13,16-17H2,1-2H3,(H2,28,33). The first kappa shape index (κ1) is 25.0. The van der Waals surface area contributed by atoms with E-state index in [0.717, 1.165) is 37.9 Å². The lowest BCUT2D eigenvalue weighted by Gasteiger charge is -2.34. The zero-order chi connectivity index (χ0) is 25.0. The van der Waals surface area contributed by atoms with E-state index in [1.54, 1.807) is 43.3 Å². The van der Waals surface area contributed by atoms with Crippen molar-refractivity contribution in [1.29, 1.82) is 0 Å². The molecule has 35 heavy (non-hydrogen) atoms. The molecule has 2 fully saturated rings. The number of nitrogens with zero attached hydrogens (tertiary/aromatic N) is 4. The van der Waals surface area contributed by atoms with Crippen molar-refractivity contribution in [2.45, 2.75) is 51.2 Å². The summed E-state index contributed by atoms with van der Waals surface area (Å²) in [6.07, 6.45) is 6.60. The maximum absolute atomic E-state index is 13.8. The minimum atomic E-state index is -1.17. The fourth-order valence-electron chi connectivity index (χ4n) is 4.84. The molecule has 1 atom stereocenters. The number of carbonyl (C=O) groups is 2. The summed E-state index contributed by atoms with van der Waals surface area (Å²) in [6, 6.07) is 6.57. The number of aromatic nitrogens is 2. The number of rotatable bonds is 8. The molecule has 2 aliphatic rings. The molecule has 2 aromatic rings. The molecule has 0 radical (unpaired) electrons. The van der Waals surface area contributed by atoms with Gasteiger partial charge in [-0.3, -0.25) is 9.59 Å². The second-order valence-corrected chi connectivity index (χ2v) is 10.1. The number of alkyl halides is 1. The number of amides is 2. The van der Waals surface area contributed by atoms with Crippen LogP contribution in [-0.4, -0.2) is 76.1 Å². The van der Waals surface area contributed by atoms with Gasteiger partial charge in [0.05, 0.1) is 24.7 Å². The fraction of sp³-hybridized carbons (Fsp3) is 0.538. The van der Waals surface area contributed by atoms with Gasteiger partial charge in [0.25, 0.3) is 5.91 Å². The minimum Gasteiger partial charge on any atom is -0.476 e. The first-order valence-electron chi connectivity index (χ1n) is 12.3. The quantitative estimate of drug-likeness (QED) is 0.619. The van der Waals surface area contributed by atoms with Gasteiger partial charge < -0.3 is 20.3 Å². The van der Waals surface area contributed by atoms with Crippen LogP contribution >= 0.6 is 0 Å². The Kier molecular flexibility index (Phi) is 7.64. The summed E-state index contributed by atoms with van der Waals surface area (Å²) in [5.74, 6) is 0.243. The molecule has 2 saturated heterocycles.